The first kappa shape index (κ1) is 21.7. The van der Waals surface area contributed by atoms with Gasteiger partial charge in [0.15, 0.2) is 5.13 Å². The summed E-state index contributed by atoms with van der Waals surface area (Å²) in [6, 6.07) is 12.6. The van der Waals surface area contributed by atoms with Crippen molar-refractivity contribution in [3.05, 3.63) is 53.8 Å². The van der Waals surface area contributed by atoms with Gasteiger partial charge in [0, 0.05) is 30.2 Å². The van der Waals surface area contributed by atoms with Gasteiger partial charge in [-0.25, -0.2) is 9.37 Å². The van der Waals surface area contributed by atoms with Gasteiger partial charge in [-0.3, -0.25) is 9.69 Å². The number of thioether (sulfide) groups is 1. The van der Waals surface area contributed by atoms with E-state index in [1.165, 1.54) is 17.7 Å². The number of aromatic nitrogens is 1. The van der Waals surface area contributed by atoms with Crippen LogP contribution in [-0.2, 0) is 11.2 Å². The van der Waals surface area contributed by atoms with E-state index < -0.39 is 0 Å². The van der Waals surface area contributed by atoms with Crippen LogP contribution in [0.15, 0.2) is 47.4 Å². The lowest BCUT2D eigenvalue weighted by Crippen LogP contribution is -2.36. The van der Waals surface area contributed by atoms with Crippen LogP contribution in [0.25, 0.3) is 10.2 Å². The van der Waals surface area contributed by atoms with Crippen molar-refractivity contribution in [2.75, 3.05) is 37.8 Å². The van der Waals surface area contributed by atoms with E-state index in [9.17, 15) is 9.18 Å². The third-order valence-corrected chi connectivity index (χ3v) is 6.63. The van der Waals surface area contributed by atoms with Crippen molar-refractivity contribution >= 4 is 44.4 Å². The molecule has 1 heterocycles. The number of carbonyl (C=O) groups is 1. The molecule has 7 heteroatoms. The highest BCUT2D eigenvalue weighted by Gasteiger charge is 2.20. The lowest BCUT2D eigenvalue weighted by molar-refractivity contribution is -0.118. The lowest BCUT2D eigenvalue weighted by Gasteiger charge is -2.22. The molecule has 0 unspecified atom stereocenters. The van der Waals surface area contributed by atoms with Gasteiger partial charge in [0.1, 0.15) is 5.82 Å². The van der Waals surface area contributed by atoms with Crippen molar-refractivity contribution in [3.63, 3.8) is 0 Å². The molecule has 0 saturated heterocycles. The van der Waals surface area contributed by atoms with E-state index in [1.807, 2.05) is 19.0 Å². The number of benzene rings is 2. The van der Waals surface area contributed by atoms with Gasteiger partial charge in [-0.1, -0.05) is 30.4 Å². The van der Waals surface area contributed by atoms with E-state index in [1.54, 1.807) is 35.2 Å². The molecule has 2 aromatic carbocycles. The quantitative estimate of drug-likeness (QED) is 0.443. The number of likely N-dealkylation sites (N-methyl/N-ethyl adjacent to an activating group) is 1. The van der Waals surface area contributed by atoms with E-state index in [0.717, 1.165) is 33.2 Å². The average Bonchev–Trinajstić information content (AvgIpc) is 3.13. The molecule has 1 aromatic heterocycles. The summed E-state index contributed by atoms with van der Waals surface area (Å²) in [5, 5.41) is 0.763. The van der Waals surface area contributed by atoms with Gasteiger partial charge in [-0.15, -0.1) is 11.8 Å². The number of rotatable bonds is 9. The Morgan fingerprint density at radius 1 is 1.14 bits per heavy atom. The van der Waals surface area contributed by atoms with Crippen molar-refractivity contribution in [2.45, 2.75) is 24.7 Å². The zero-order chi connectivity index (χ0) is 20.8. The monoisotopic (exact) mass is 431 g/mol. The van der Waals surface area contributed by atoms with Crippen LogP contribution in [0, 0.1) is 5.82 Å². The average molecular weight is 432 g/mol. The minimum atomic E-state index is -0.248. The number of nitrogens with zero attached hydrogens (tertiary/aromatic N) is 3. The SMILES string of the molecule is CCc1cccc2sc(N(CCN(C)C)C(=O)CCSc3ccc(F)cc3)nc12. The summed E-state index contributed by atoms with van der Waals surface area (Å²) in [6.45, 7) is 3.50. The fourth-order valence-corrected chi connectivity index (χ4v) is 4.84. The smallest absolute Gasteiger partial charge is 0.229 e. The van der Waals surface area contributed by atoms with E-state index in [4.69, 9.17) is 4.98 Å². The number of carbonyl (C=O) groups excluding carboxylic acids is 1. The fraction of sp³-hybridized carbons (Fsp3) is 0.364. The van der Waals surface area contributed by atoms with Gasteiger partial charge in [-0.2, -0.15) is 0 Å². The first-order valence-electron chi connectivity index (χ1n) is 9.70. The molecule has 0 fully saturated rings. The Bertz CT molecular complexity index is 956. The summed E-state index contributed by atoms with van der Waals surface area (Å²) in [6.07, 6.45) is 1.33. The van der Waals surface area contributed by atoms with Gasteiger partial charge in [-0.05, 0) is 56.4 Å². The molecular weight excluding hydrogens is 405 g/mol. The molecule has 3 rings (SSSR count). The van der Waals surface area contributed by atoms with Crippen LogP contribution in [0.4, 0.5) is 9.52 Å². The number of hydrogen-bond donors (Lipinski definition) is 0. The summed E-state index contributed by atoms with van der Waals surface area (Å²) in [4.78, 5) is 22.7. The molecule has 0 aliphatic rings. The molecule has 0 atom stereocenters. The molecule has 0 saturated carbocycles. The van der Waals surface area contributed by atoms with Gasteiger partial charge in [0.2, 0.25) is 5.91 Å². The Morgan fingerprint density at radius 2 is 1.90 bits per heavy atom. The Morgan fingerprint density at radius 3 is 2.59 bits per heavy atom. The number of thiazole rings is 1. The Labute approximate surface area is 179 Å². The Hall–Kier alpha value is -1.96. The highest BCUT2D eigenvalue weighted by Crippen LogP contribution is 2.31. The van der Waals surface area contributed by atoms with Crippen molar-refractivity contribution in [2.24, 2.45) is 0 Å². The third kappa shape index (κ3) is 5.78. The number of para-hydroxylation sites is 1. The molecule has 29 heavy (non-hydrogen) atoms. The fourth-order valence-electron chi connectivity index (χ4n) is 2.94. The minimum absolute atomic E-state index is 0.0681. The topological polar surface area (TPSA) is 36.4 Å². The summed E-state index contributed by atoms with van der Waals surface area (Å²) in [5.74, 6) is 0.467. The van der Waals surface area contributed by atoms with Gasteiger partial charge >= 0.3 is 0 Å². The number of aryl methyl sites for hydroxylation is 1. The molecule has 0 aliphatic heterocycles. The molecule has 0 bridgehead atoms. The molecule has 4 nitrogen and oxygen atoms in total. The van der Waals surface area contributed by atoms with E-state index in [0.29, 0.717) is 18.7 Å². The number of anilines is 1. The molecular formula is C22H26FN3OS2. The zero-order valence-corrected chi connectivity index (χ0v) is 18.7. The van der Waals surface area contributed by atoms with E-state index in [2.05, 4.69) is 30.0 Å². The highest BCUT2D eigenvalue weighted by atomic mass is 32.2. The standard InChI is InChI=1S/C22H26FN3OS2/c1-4-16-6-5-7-19-21(16)24-22(29-19)26(14-13-25(2)3)20(27)12-15-28-18-10-8-17(23)9-11-18/h5-11H,4,12-15H2,1-3H3. The van der Waals surface area contributed by atoms with Crippen LogP contribution in [0.5, 0.6) is 0 Å². The van der Waals surface area contributed by atoms with Crippen LogP contribution < -0.4 is 4.90 Å². The van der Waals surface area contributed by atoms with Crippen molar-refractivity contribution in [1.82, 2.24) is 9.88 Å². The maximum atomic E-state index is 13.0. The summed E-state index contributed by atoms with van der Waals surface area (Å²) < 4.78 is 14.2. The molecule has 3 aromatic rings. The summed E-state index contributed by atoms with van der Waals surface area (Å²) >= 11 is 3.14. The Balaban J connectivity index is 1.73. The molecule has 0 aliphatic carbocycles. The molecule has 1 amide bonds. The maximum absolute atomic E-state index is 13.0. The molecule has 0 radical (unpaired) electrons. The lowest BCUT2D eigenvalue weighted by atomic mass is 10.1. The number of amides is 1. The van der Waals surface area contributed by atoms with Crippen LogP contribution in [0.3, 0.4) is 0 Å². The second kappa shape index (κ2) is 10.2. The van der Waals surface area contributed by atoms with Gasteiger partial charge in [0.25, 0.3) is 0 Å². The normalized spacial score (nSPS) is 11.3. The molecule has 0 N–H and O–H groups in total. The Kier molecular flexibility index (Phi) is 7.64. The third-order valence-electron chi connectivity index (χ3n) is 4.57. The van der Waals surface area contributed by atoms with Crippen LogP contribution >= 0.6 is 23.1 Å². The summed E-state index contributed by atoms with van der Waals surface area (Å²) in [7, 11) is 4.00. The number of fused-ring (bicyclic) bond motifs is 1. The maximum Gasteiger partial charge on any atom is 0.229 e. The van der Waals surface area contributed by atoms with Crippen molar-refractivity contribution in [3.8, 4) is 0 Å². The molecule has 0 spiro atoms. The predicted octanol–water partition coefficient (Wildman–Crippen LogP) is 5.07. The van der Waals surface area contributed by atoms with Crippen molar-refractivity contribution in [1.29, 1.82) is 0 Å². The molecule has 154 valence electrons. The van der Waals surface area contributed by atoms with Crippen LogP contribution in [0.2, 0.25) is 0 Å². The highest BCUT2D eigenvalue weighted by molar-refractivity contribution is 7.99. The summed E-state index contributed by atoms with van der Waals surface area (Å²) in [5.41, 5.74) is 2.20. The first-order valence-corrected chi connectivity index (χ1v) is 11.5. The number of halogens is 1. The van der Waals surface area contributed by atoms with E-state index in [-0.39, 0.29) is 11.7 Å². The van der Waals surface area contributed by atoms with Gasteiger partial charge in [0.05, 0.1) is 10.2 Å². The van der Waals surface area contributed by atoms with Crippen LogP contribution in [0.1, 0.15) is 18.9 Å². The number of hydrogen-bond acceptors (Lipinski definition) is 5. The predicted molar refractivity (Wildman–Crippen MR) is 122 cm³/mol. The second-order valence-corrected chi connectivity index (χ2v) is 9.19. The second-order valence-electron chi connectivity index (χ2n) is 7.01. The minimum Gasteiger partial charge on any atom is -0.308 e. The van der Waals surface area contributed by atoms with E-state index >= 15 is 0 Å². The largest absolute Gasteiger partial charge is 0.308 e. The first-order chi connectivity index (χ1) is 14.0. The zero-order valence-electron chi connectivity index (χ0n) is 17.0. The van der Waals surface area contributed by atoms with Crippen LogP contribution in [-0.4, -0.2) is 48.7 Å². The van der Waals surface area contributed by atoms with Crippen molar-refractivity contribution < 1.29 is 9.18 Å². The van der Waals surface area contributed by atoms with Gasteiger partial charge < -0.3 is 4.90 Å².